The largest absolute Gasteiger partial charge is 0.381 e. The van der Waals surface area contributed by atoms with Crippen molar-refractivity contribution in [3.63, 3.8) is 0 Å². The van der Waals surface area contributed by atoms with Gasteiger partial charge >= 0.3 is 0 Å². The van der Waals surface area contributed by atoms with Crippen LogP contribution >= 0.6 is 11.6 Å². The first-order valence-electron chi connectivity index (χ1n) is 9.69. The maximum absolute atomic E-state index is 12.8. The third-order valence-electron chi connectivity index (χ3n) is 5.48. The van der Waals surface area contributed by atoms with E-state index in [0.717, 1.165) is 12.8 Å². The van der Waals surface area contributed by atoms with E-state index < -0.39 is 0 Å². The number of nitrogens with one attached hydrogen (secondary N) is 1. The van der Waals surface area contributed by atoms with Crippen LogP contribution in [0.15, 0.2) is 54.6 Å². The summed E-state index contributed by atoms with van der Waals surface area (Å²) in [5.41, 5.74) is 1.77. The maximum Gasteiger partial charge on any atom is 0.291 e. The highest BCUT2D eigenvalue weighted by molar-refractivity contribution is 6.32. The summed E-state index contributed by atoms with van der Waals surface area (Å²) in [6, 6.07) is 17.7. The lowest BCUT2D eigenvalue weighted by Crippen LogP contribution is -2.44. The molecule has 7 heteroatoms. The number of ether oxygens (including phenoxy) is 1. The Kier molecular flexibility index (Phi) is 5.65. The van der Waals surface area contributed by atoms with E-state index in [-0.39, 0.29) is 17.1 Å². The van der Waals surface area contributed by atoms with Crippen molar-refractivity contribution in [1.82, 2.24) is 20.1 Å². The topological polar surface area (TPSA) is 69.0 Å². The van der Waals surface area contributed by atoms with Crippen LogP contribution in [0, 0.1) is 6.92 Å². The first kappa shape index (κ1) is 19.6. The third-order valence-corrected chi connectivity index (χ3v) is 5.80. The van der Waals surface area contributed by atoms with E-state index in [0.29, 0.717) is 36.3 Å². The molecule has 1 fully saturated rings. The molecule has 1 saturated heterocycles. The minimum atomic E-state index is -0.291. The summed E-state index contributed by atoms with van der Waals surface area (Å²) >= 11 is 6.27. The van der Waals surface area contributed by atoms with E-state index in [9.17, 15) is 4.79 Å². The molecule has 2 aromatic carbocycles. The van der Waals surface area contributed by atoms with Gasteiger partial charge in [0.25, 0.3) is 5.91 Å². The molecule has 0 atom stereocenters. The monoisotopic (exact) mass is 410 g/mol. The van der Waals surface area contributed by atoms with Gasteiger partial charge < -0.3 is 10.1 Å². The zero-order valence-electron chi connectivity index (χ0n) is 16.3. The minimum absolute atomic E-state index is 0.137. The molecular formula is C22H23ClN4O2. The number of carbonyl (C=O) groups is 1. The number of carbonyl (C=O) groups excluding carboxylic acids is 1. The van der Waals surface area contributed by atoms with Crippen LogP contribution in [0.1, 0.15) is 34.8 Å². The smallest absolute Gasteiger partial charge is 0.291 e. The van der Waals surface area contributed by atoms with E-state index in [1.165, 1.54) is 5.56 Å². The van der Waals surface area contributed by atoms with Crippen LogP contribution in [0.4, 0.5) is 0 Å². The average molecular weight is 411 g/mol. The molecule has 1 amide bonds. The van der Waals surface area contributed by atoms with Crippen molar-refractivity contribution in [2.45, 2.75) is 25.2 Å². The number of aromatic nitrogens is 3. The van der Waals surface area contributed by atoms with E-state index in [1.54, 1.807) is 17.7 Å². The van der Waals surface area contributed by atoms with Crippen molar-refractivity contribution >= 4 is 17.5 Å². The van der Waals surface area contributed by atoms with Gasteiger partial charge in [0.1, 0.15) is 5.82 Å². The van der Waals surface area contributed by atoms with Crippen LogP contribution in [0.2, 0.25) is 5.02 Å². The predicted octanol–water partition coefficient (Wildman–Crippen LogP) is 3.71. The molecule has 0 bridgehead atoms. The highest BCUT2D eigenvalue weighted by atomic mass is 35.5. The molecule has 0 radical (unpaired) electrons. The van der Waals surface area contributed by atoms with Crippen LogP contribution in [-0.2, 0) is 10.2 Å². The van der Waals surface area contributed by atoms with Crippen LogP contribution in [0.25, 0.3) is 5.69 Å². The predicted molar refractivity (Wildman–Crippen MR) is 112 cm³/mol. The number of nitrogens with zero attached hydrogens (tertiary/aromatic N) is 3. The summed E-state index contributed by atoms with van der Waals surface area (Å²) in [6.45, 7) is 3.68. The minimum Gasteiger partial charge on any atom is -0.381 e. The molecule has 1 aliphatic heterocycles. The van der Waals surface area contributed by atoms with Gasteiger partial charge in [0.15, 0.2) is 0 Å². The SMILES string of the molecule is Cc1nc(C(=O)NCC2(c3ccccc3)CCOCC2)nn1-c1ccccc1Cl. The Balaban J connectivity index is 1.54. The number of amides is 1. The van der Waals surface area contributed by atoms with Gasteiger partial charge in [-0.1, -0.05) is 54.1 Å². The lowest BCUT2D eigenvalue weighted by molar-refractivity contribution is 0.0486. The van der Waals surface area contributed by atoms with E-state index in [1.807, 2.05) is 36.4 Å². The summed E-state index contributed by atoms with van der Waals surface area (Å²) in [7, 11) is 0. The van der Waals surface area contributed by atoms with Crippen LogP contribution < -0.4 is 5.32 Å². The highest BCUT2D eigenvalue weighted by Gasteiger charge is 2.35. The fourth-order valence-corrected chi connectivity index (χ4v) is 4.00. The summed E-state index contributed by atoms with van der Waals surface area (Å²) in [5, 5.41) is 7.99. The third kappa shape index (κ3) is 4.04. The molecular weight excluding hydrogens is 388 g/mol. The molecule has 1 N–H and O–H groups in total. The molecule has 29 heavy (non-hydrogen) atoms. The van der Waals surface area contributed by atoms with Gasteiger partial charge in [-0.25, -0.2) is 9.67 Å². The van der Waals surface area contributed by atoms with Crippen molar-refractivity contribution < 1.29 is 9.53 Å². The standard InChI is InChI=1S/C22H23ClN4O2/c1-16-25-20(26-27(16)19-10-6-5-9-18(19)23)21(28)24-15-22(11-13-29-14-12-22)17-7-3-2-4-8-17/h2-10H,11-15H2,1H3,(H,24,28). The van der Waals surface area contributed by atoms with Gasteiger partial charge in [0.05, 0.1) is 10.7 Å². The van der Waals surface area contributed by atoms with E-state index in [4.69, 9.17) is 16.3 Å². The summed E-state index contributed by atoms with van der Waals surface area (Å²) in [6.07, 6.45) is 1.72. The summed E-state index contributed by atoms with van der Waals surface area (Å²) < 4.78 is 7.16. The fourth-order valence-electron chi connectivity index (χ4n) is 3.79. The zero-order valence-corrected chi connectivity index (χ0v) is 17.0. The van der Waals surface area contributed by atoms with Gasteiger partial charge in [0.2, 0.25) is 5.82 Å². The van der Waals surface area contributed by atoms with Crippen molar-refractivity contribution in [3.05, 3.63) is 76.8 Å². The number of benzene rings is 2. The van der Waals surface area contributed by atoms with Gasteiger partial charge in [0, 0.05) is 25.2 Å². The normalized spacial score (nSPS) is 15.8. The Morgan fingerprint density at radius 2 is 1.83 bits per heavy atom. The molecule has 0 saturated carbocycles. The summed E-state index contributed by atoms with van der Waals surface area (Å²) in [4.78, 5) is 17.2. The number of halogens is 1. The highest BCUT2D eigenvalue weighted by Crippen LogP contribution is 2.34. The lowest BCUT2D eigenvalue weighted by Gasteiger charge is -2.37. The lowest BCUT2D eigenvalue weighted by atomic mass is 9.74. The second kappa shape index (κ2) is 8.35. The van der Waals surface area contributed by atoms with Crippen molar-refractivity contribution in [3.8, 4) is 5.69 Å². The Morgan fingerprint density at radius 3 is 2.55 bits per heavy atom. The zero-order chi connectivity index (χ0) is 20.3. The number of hydrogen-bond acceptors (Lipinski definition) is 4. The molecule has 1 aliphatic rings. The first-order valence-corrected chi connectivity index (χ1v) is 10.1. The van der Waals surface area contributed by atoms with Crippen molar-refractivity contribution in [2.24, 2.45) is 0 Å². The molecule has 150 valence electrons. The van der Waals surface area contributed by atoms with Crippen LogP contribution in [0.5, 0.6) is 0 Å². The van der Waals surface area contributed by atoms with Crippen LogP contribution in [0.3, 0.4) is 0 Å². The number of para-hydroxylation sites is 1. The average Bonchev–Trinajstić information content (AvgIpc) is 3.15. The van der Waals surface area contributed by atoms with Crippen molar-refractivity contribution in [1.29, 1.82) is 0 Å². The first-order chi connectivity index (χ1) is 14.1. The Hall–Kier alpha value is -2.70. The molecule has 3 aromatic rings. The second-order valence-corrected chi connectivity index (χ2v) is 7.69. The molecule has 6 nitrogen and oxygen atoms in total. The Morgan fingerprint density at radius 1 is 1.14 bits per heavy atom. The fraction of sp³-hybridized carbons (Fsp3) is 0.318. The van der Waals surface area contributed by atoms with Crippen molar-refractivity contribution in [2.75, 3.05) is 19.8 Å². The molecule has 1 aromatic heterocycles. The van der Waals surface area contributed by atoms with E-state index in [2.05, 4.69) is 27.5 Å². The van der Waals surface area contributed by atoms with Gasteiger partial charge in [-0.2, -0.15) is 0 Å². The van der Waals surface area contributed by atoms with Crippen LogP contribution in [-0.4, -0.2) is 40.4 Å². The number of hydrogen-bond donors (Lipinski definition) is 1. The van der Waals surface area contributed by atoms with E-state index >= 15 is 0 Å². The van der Waals surface area contributed by atoms with Gasteiger partial charge in [-0.3, -0.25) is 4.79 Å². The second-order valence-electron chi connectivity index (χ2n) is 7.29. The number of aryl methyl sites for hydroxylation is 1. The Bertz CT molecular complexity index is 997. The Labute approximate surface area is 174 Å². The molecule has 0 aliphatic carbocycles. The summed E-state index contributed by atoms with van der Waals surface area (Å²) in [5.74, 6) is 0.450. The van der Waals surface area contributed by atoms with Gasteiger partial charge in [-0.05, 0) is 37.5 Å². The van der Waals surface area contributed by atoms with Gasteiger partial charge in [-0.15, -0.1) is 5.10 Å². The maximum atomic E-state index is 12.8. The molecule has 2 heterocycles. The molecule has 4 rings (SSSR count). The number of rotatable bonds is 5. The quantitative estimate of drug-likeness (QED) is 0.696. The molecule has 0 unspecified atom stereocenters. The molecule has 0 spiro atoms.